The van der Waals surface area contributed by atoms with Crippen LogP contribution < -0.4 is 0 Å². The maximum Gasteiger partial charge on any atom is 0.0828 e. The second kappa shape index (κ2) is 12.3. The molecular formula is C21H24O2. The highest BCUT2D eigenvalue weighted by molar-refractivity contribution is 5.41. The van der Waals surface area contributed by atoms with Gasteiger partial charge in [0.05, 0.1) is 18.3 Å². The molecule has 0 bridgehead atoms. The first-order valence-corrected chi connectivity index (χ1v) is 7.70. The van der Waals surface area contributed by atoms with E-state index in [1.54, 1.807) is 6.92 Å². The highest BCUT2D eigenvalue weighted by Gasteiger charge is 2.37. The fraction of sp³-hybridized carbons (Fsp3) is 0.524. The van der Waals surface area contributed by atoms with Crippen molar-refractivity contribution in [2.24, 2.45) is 11.8 Å². The smallest absolute Gasteiger partial charge is 0.0828 e. The predicted octanol–water partition coefficient (Wildman–Crippen LogP) is 2.47. The summed E-state index contributed by atoms with van der Waals surface area (Å²) in [7, 11) is 0. The lowest BCUT2D eigenvalue weighted by Gasteiger charge is -2.41. The van der Waals surface area contributed by atoms with Gasteiger partial charge in [-0.15, -0.1) is 6.42 Å². The van der Waals surface area contributed by atoms with Crippen LogP contribution in [0, 0.1) is 71.5 Å². The van der Waals surface area contributed by atoms with E-state index in [-0.39, 0.29) is 12.2 Å². The molecule has 0 aromatic rings. The van der Waals surface area contributed by atoms with Crippen molar-refractivity contribution in [3.05, 3.63) is 0 Å². The molecule has 1 fully saturated rings. The number of aliphatic hydroxyl groups excluding tert-OH is 1. The number of terminal acetylenes is 1. The van der Waals surface area contributed by atoms with Gasteiger partial charge in [0, 0.05) is 0 Å². The molecule has 2 heteroatoms. The number of hydrogen-bond donors (Lipinski definition) is 1. The van der Waals surface area contributed by atoms with Crippen molar-refractivity contribution < 1.29 is 9.84 Å². The Morgan fingerprint density at radius 3 is 1.91 bits per heavy atom. The van der Waals surface area contributed by atoms with Crippen molar-refractivity contribution in [3.8, 4) is 59.7 Å². The van der Waals surface area contributed by atoms with Gasteiger partial charge in [0.2, 0.25) is 0 Å². The summed E-state index contributed by atoms with van der Waals surface area (Å²) in [4.78, 5) is 0. The molecule has 0 aromatic heterocycles. The molecule has 0 aromatic carbocycles. The van der Waals surface area contributed by atoms with Gasteiger partial charge in [0.1, 0.15) is 0 Å². The molecule has 5 unspecified atom stereocenters. The maximum absolute atomic E-state index is 9.70. The molecule has 23 heavy (non-hydrogen) atoms. The van der Waals surface area contributed by atoms with Crippen LogP contribution in [0.1, 0.15) is 41.0 Å². The molecule has 1 saturated heterocycles. The third-order valence-electron chi connectivity index (χ3n) is 3.80. The molecule has 0 aliphatic carbocycles. The van der Waals surface area contributed by atoms with E-state index in [2.05, 4.69) is 74.1 Å². The van der Waals surface area contributed by atoms with Crippen LogP contribution in [0.3, 0.4) is 0 Å². The van der Waals surface area contributed by atoms with Crippen LogP contribution in [0.2, 0.25) is 0 Å². The monoisotopic (exact) mass is 308 g/mol. The largest absolute Gasteiger partial charge is 0.390 e. The Kier molecular flexibility index (Phi) is 11.1. The van der Waals surface area contributed by atoms with Gasteiger partial charge >= 0.3 is 0 Å². The first-order valence-electron chi connectivity index (χ1n) is 7.70. The first kappa shape index (κ1) is 20.7. The van der Waals surface area contributed by atoms with E-state index < -0.39 is 0 Å². The Morgan fingerprint density at radius 2 is 1.43 bits per heavy atom. The average Bonchev–Trinajstić information content (AvgIpc) is 2.56. The molecule has 1 rings (SSSR count). The van der Waals surface area contributed by atoms with Gasteiger partial charge in [0.15, 0.2) is 0 Å². The van der Waals surface area contributed by atoms with E-state index >= 15 is 0 Å². The van der Waals surface area contributed by atoms with Crippen molar-refractivity contribution in [1.29, 1.82) is 0 Å². The minimum Gasteiger partial charge on any atom is -0.390 e. The Bertz CT molecular complexity index is 633. The molecule has 0 amide bonds. The standard InChI is InChI=1S/C11H4.C10H20O2/c1-3-5-7-9-11-10-8-6-4-2;1-5-9-6(2)7(3)10(11)8(4)12-9/h1H,2H3;6-11H,5H2,1-4H3. The van der Waals surface area contributed by atoms with Gasteiger partial charge in [-0.3, -0.25) is 0 Å². The normalized spacial score (nSPS) is 27.4. The lowest BCUT2D eigenvalue weighted by molar-refractivity contribution is -0.161. The van der Waals surface area contributed by atoms with Crippen LogP contribution in [-0.4, -0.2) is 23.4 Å². The van der Waals surface area contributed by atoms with Crippen molar-refractivity contribution >= 4 is 0 Å². The molecular weight excluding hydrogens is 284 g/mol. The van der Waals surface area contributed by atoms with Gasteiger partial charge in [-0.1, -0.05) is 26.7 Å². The summed E-state index contributed by atoms with van der Waals surface area (Å²) >= 11 is 0. The summed E-state index contributed by atoms with van der Waals surface area (Å²) in [6, 6.07) is 0. The second-order valence-corrected chi connectivity index (χ2v) is 5.27. The molecule has 5 atom stereocenters. The van der Waals surface area contributed by atoms with Crippen LogP contribution in [0.25, 0.3) is 0 Å². The fourth-order valence-electron chi connectivity index (χ4n) is 2.28. The van der Waals surface area contributed by atoms with Gasteiger partial charge in [0.25, 0.3) is 0 Å². The number of ether oxygens (including phenoxy) is 1. The zero-order chi connectivity index (χ0) is 17.7. The molecule has 0 spiro atoms. The van der Waals surface area contributed by atoms with Crippen LogP contribution in [0.15, 0.2) is 0 Å². The Hall–Kier alpha value is -2.28. The third-order valence-corrected chi connectivity index (χ3v) is 3.80. The predicted molar refractivity (Wildman–Crippen MR) is 94.6 cm³/mol. The van der Waals surface area contributed by atoms with Crippen molar-refractivity contribution in [2.75, 3.05) is 0 Å². The first-order chi connectivity index (χ1) is 11.0. The molecule has 0 saturated carbocycles. The van der Waals surface area contributed by atoms with Gasteiger partial charge in [-0.2, -0.15) is 0 Å². The molecule has 1 heterocycles. The van der Waals surface area contributed by atoms with Crippen LogP contribution in [0.5, 0.6) is 0 Å². The van der Waals surface area contributed by atoms with Gasteiger partial charge in [-0.05, 0) is 79.5 Å². The Labute approximate surface area is 141 Å². The van der Waals surface area contributed by atoms with E-state index in [0.717, 1.165) is 6.42 Å². The number of aliphatic hydroxyl groups is 1. The second-order valence-electron chi connectivity index (χ2n) is 5.27. The highest BCUT2D eigenvalue weighted by atomic mass is 16.5. The van der Waals surface area contributed by atoms with Crippen LogP contribution >= 0.6 is 0 Å². The van der Waals surface area contributed by atoms with E-state index in [4.69, 9.17) is 11.2 Å². The SMILES string of the molecule is C#CC#CC#CC#CC#CC.CCC1OC(C)C(O)C(C)C1C. The third kappa shape index (κ3) is 8.06. The molecule has 0 radical (unpaired) electrons. The molecule has 1 aliphatic rings. The van der Waals surface area contributed by atoms with Gasteiger partial charge in [-0.25, -0.2) is 0 Å². The lowest BCUT2D eigenvalue weighted by atomic mass is 9.81. The van der Waals surface area contributed by atoms with Gasteiger partial charge < -0.3 is 9.84 Å². The minimum atomic E-state index is -0.289. The highest BCUT2D eigenvalue weighted by Crippen LogP contribution is 2.31. The van der Waals surface area contributed by atoms with Crippen molar-refractivity contribution in [3.63, 3.8) is 0 Å². The zero-order valence-electron chi connectivity index (χ0n) is 14.5. The quantitative estimate of drug-likeness (QED) is 0.754. The summed E-state index contributed by atoms with van der Waals surface area (Å²) < 4.78 is 5.68. The zero-order valence-corrected chi connectivity index (χ0v) is 14.5. The summed E-state index contributed by atoms with van der Waals surface area (Å²) in [6.45, 7) is 10.1. The van der Waals surface area contributed by atoms with Crippen LogP contribution in [0.4, 0.5) is 0 Å². The Morgan fingerprint density at radius 1 is 0.913 bits per heavy atom. The Balaban J connectivity index is 0.000000423. The summed E-state index contributed by atoms with van der Waals surface area (Å²) in [6.07, 6.45) is 5.93. The molecule has 1 N–H and O–H groups in total. The number of rotatable bonds is 1. The van der Waals surface area contributed by atoms with E-state index in [1.807, 2.05) is 6.92 Å². The van der Waals surface area contributed by atoms with Crippen LogP contribution in [-0.2, 0) is 4.74 Å². The van der Waals surface area contributed by atoms with Crippen molar-refractivity contribution in [1.82, 2.24) is 0 Å². The maximum atomic E-state index is 9.70. The van der Waals surface area contributed by atoms with E-state index in [9.17, 15) is 5.11 Å². The lowest BCUT2D eigenvalue weighted by Crippen LogP contribution is -2.47. The average molecular weight is 308 g/mol. The summed E-state index contributed by atoms with van der Waals surface area (Å²) in [5.41, 5.74) is 0. The molecule has 1 aliphatic heterocycles. The summed E-state index contributed by atoms with van der Waals surface area (Å²) in [5.74, 6) is 22.8. The summed E-state index contributed by atoms with van der Waals surface area (Å²) in [5, 5.41) is 9.70. The topological polar surface area (TPSA) is 29.5 Å². The fourth-order valence-corrected chi connectivity index (χ4v) is 2.28. The molecule has 2 nitrogen and oxygen atoms in total. The molecule has 120 valence electrons. The van der Waals surface area contributed by atoms with Crippen molar-refractivity contribution in [2.45, 2.75) is 59.4 Å². The minimum absolute atomic E-state index is 0.00106. The van der Waals surface area contributed by atoms with E-state index in [1.165, 1.54) is 0 Å². The number of hydrogen-bond acceptors (Lipinski definition) is 2. The van der Waals surface area contributed by atoms with E-state index in [0.29, 0.717) is 17.9 Å².